The highest BCUT2D eigenvalue weighted by molar-refractivity contribution is 9.10. The molecule has 2 amide bonds. The van der Waals surface area contributed by atoms with Crippen molar-refractivity contribution in [3.05, 3.63) is 82.8 Å². The van der Waals surface area contributed by atoms with Crippen molar-refractivity contribution in [2.75, 3.05) is 23.7 Å². The van der Waals surface area contributed by atoms with Crippen molar-refractivity contribution in [3.63, 3.8) is 0 Å². The maximum Gasteiger partial charge on any atom is 0.264 e. The second-order valence-corrected chi connectivity index (χ2v) is 14.1. The van der Waals surface area contributed by atoms with Crippen LogP contribution < -0.4 is 14.4 Å². The summed E-state index contributed by atoms with van der Waals surface area (Å²) in [6, 6.07) is 20.1. The van der Waals surface area contributed by atoms with Crippen LogP contribution in [0.5, 0.6) is 5.75 Å². The van der Waals surface area contributed by atoms with Gasteiger partial charge in [0.15, 0.2) is 0 Å². The number of nitrogens with zero attached hydrogens (tertiary/aromatic N) is 2. The van der Waals surface area contributed by atoms with Crippen molar-refractivity contribution in [2.24, 2.45) is 0 Å². The van der Waals surface area contributed by atoms with Gasteiger partial charge in [-0.15, -0.1) is 11.8 Å². The second kappa shape index (κ2) is 15.1. The first kappa shape index (κ1) is 32.9. The highest BCUT2D eigenvalue weighted by Gasteiger charge is 2.34. The Morgan fingerprint density at radius 2 is 1.74 bits per heavy atom. The van der Waals surface area contributed by atoms with E-state index in [1.54, 1.807) is 55.5 Å². The van der Waals surface area contributed by atoms with Crippen LogP contribution in [-0.4, -0.2) is 56.6 Å². The minimum absolute atomic E-state index is 0.0509. The Balaban J connectivity index is 1.73. The first-order valence-corrected chi connectivity index (χ1v) is 17.8. The summed E-state index contributed by atoms with van der Waals surface area (Å²) >= 11 is 4.99. The van der Waals surface area contributed by atoms with Gasteiger partial charge >= 0.3 is 0 Å². The Kier molecular flexibility index (Phi) is 11.6. The highest BCUT2D eigenvalue weighted by atomic mass is 79.9. The predicted molar refractivity (Wildman–Crippen MR) is 175 cm³/mol. The molecule has 1 atom stereocenters. The van der Waals surface area contributed by atoms with Crippen LogP contribution in [-0.2, 0) is 26.2 Å². The van der Waals surface area contributed by atoms with Gasteiger partial charge in [-0.25, -0.2) is 8.42 Å². The van der Waals surface area contributed by atoms with Gasteiger partial charge in [0.1, 0.15) is 18.3 Å². The molecular weight excluding hydrogens is 650 g/mol. The van der Waals surface area contributed by atoms with Gasteiger partial charge in [0.2, 0.25) is 11.8 Å². The normalized spacial score (nSPS) is 14.2. The molecule has 8 nitrogen and oxygen atoms in total. The minimum Gasteiger partial charge on any atom is -0.492 e. The average molecular weight is 689 g/mol. The summed E-state index contributed by atoms with van der Waals surface area (Å²) in [5.41, 5.74) is 1.05. The molecule has 0 spiro atoms. The molecule has 230 valence electrons. The third-order valence-electron chi connectivity index (χ3n) is 7.47. The van der Waals surface area contributed by atoms with Crippen molar-refractivity contribution in [3.8, 4) is 5.75 Å². The van der Waals surface area contributed by atoms with E-state index in [1.807, 2.05) is 37.4 Å². The molecule has 0 saturated heterocycles. The van der Waals surface area contributed by atoms with Crippen molar-refractivity contribution >= 4 is 55.2 Å². The molecular formula is C32H38BrN3O5S2. The van der Waals surface area contributed by atoms with E-state index in [2.05, 4.69) is 21.2 Å². The lowest BCUT2D eigenvalue weighted by molar-refractivity contribution is -0.139. The van der Waals surface area contributed by atoms with Crippen LogP contribution in [0.3, 0.4) is 0 Å². The molecule has 1 aliphatic carbocycles. The number of halogens is 1. The number of hydrogen-bond donors (Lipinski definition) is 1. The Hall–Kier alpha value is -3.02. The van der Waals surface area contributed by atoms with Crippen molar-refractivity contribution in [1.29, 1.82) is 0 Å². The summed E-state index contributed by atoms with van der Waals surface area (Å²) in [5, 5.41) is 3.09. The fraction of sp³-hybridized carbons (Fsp3) is 0.375. The molecule has 0 bridgehead atoms. The second-order valence-electron chi connectivity index (χ2n) is 10.4. The van der Waals surface area contributed by atoms with Gasteiger partial charge in [0.05, 0.1) is 17.2 Å². The maximum absolute atomic E-state index is 14.2. The molecule has 1 N–H and O–H groups in total. The molecule has 3 aromatic rings. The number of anilines is 1. The van der Waals surface area contributed by atoms with Crippen molar-refractivity contribution in [1.82, 2.24) is 10.2 Å². The van der Waals surface area contributed by atoms with Crippen LogP contribution in [0, 0.1) is 0 Å². The molecule has 0 radical (unpaired) electrons. The Labute approximate surface area is 267 Å². The fourth-order valence-electron chi connectivity index (χ4n) is 5.14. The third-order valence-corrected chi connectivity index (χ3v) is 10.5. The van der Waals surface area contributed by atoms with Crippen LogP contribution in [0.1, 0.15) is 45.1 Å². The zero-order valence-electron chi connectivity index (χ0n) is 24.7. The molecule has 0 unspecified atom stereocenters. The van der Waals surface area contributed by atoms with Gasteiger partial charge in [-0.2, -0.15) is 0 Å². The molecule has 4 rings (SSSR count). The predicted octanol–water partition coefficient (Wildman–Crippen LogP) is 6.24. The molecule has 1 aliphatic rings. The summed E-state index contributed by atoms with van der Waals surface area (Å²) in [4.78, 5) is 30.1. The zero-order valence-corrected chi connectivity index (χ0v) is 27.9. The average Bonchev–Trinajstić information content (AvgIpc) is 3.52. The number of ether oxygens (including phenoxy) is 1. The Morgan fingerprint density at radius 3 is 2.40 bits per heavy atom. The van der Waals surface area contributed by atoms with E-state index in [0.29, 0.717) is 12.4 Å². The number of carbonyl (C=O) groups excluding carboxylic acids is 2. The molecule has 1 saturated carbocycles. The molecule has 1 fully saturated rings. The third kappa shape index (κ3) is 8.33. The number of rotatable bonds is 13. The van der Waals surface area contributed by atoms with E-state index in [0.717, 1.165) is 44.9 Å². The lowest BCUT2D eigenvalue weighted by Crippen LogP contribution is -2.52. The van der Waals surface area contributed by atoms with Crippen LogP contribution in [0.4, 0.5) is 5.69 Å². The number of para-hydroxylation sites is 2. The van der Waals surface area contributed by atoms with E-state index in [1.165, 1.54) is 16.7 Å². The summed E-state index contributed by atoms with van der Waals surface area (Å²) in [7, 11) is -4.20. The molecule has 43 heavy (non-hydrogen) atoms. The number of sulfonamides is 1. The van der Waals surface area contributed by atoms with E-state index >= 15 is 0 Å². The summed E-state index contributed by atoms with van der Waals surface area (Å²) in [6.45, 7) is 3.42. The largest absolute Gasteiger partial charge is 0.492 e. The Bertz CT molecular complexity index is 1510. The van der Waals surface area contributed by atoms with E-state index in [9.17, 15) is 18.0 Å². The maximum atomic E-state index is 14.2. The highest BCUT2D eigenvalue weighted by Crippen LogP contribution is 2.33. The van der Waals surface area contributed by atoms with Crippen molar-refractivity contribution < 1.29 is 22.7 Å². The van der Waals surface area contributed by atoms with Gasteiger partial charge in [-0.3, -0.25) is 13.9 Å². The summed E-state index contributed by atoms with van der Waals surface area (Å²) in [5.74, 6) is -0.427. The summed E-state index contributed by atoms with van der Waals surface area (Å²) < 4.78 is 36.1. The SMILES string of the molecule is CCOc1ccccc1N(CC(=O)N(Cc1cccc(Br)c1)[C@H](C)C(=O)NC1CCCC1)S(=O)(=O)c1ccc(SC)cc1. The first-order chi connectivity index (χ1) is 20.6. The van der Waals surface area contributed by atoms with Gasteiger partial charge in [0, 0.05) is 22.0 Å². The van der Waals surface area contributed by atoms with E-state index < -0.39 is 28.5 Å². The number of nitrogens with one attached hydrogen (secondary N) is 1. The van der Waals surface area contributed by atoms with Crippen molar-refractivity contribution in [2.45, 2.75) is 68.0 Å². The van der Waals surface area contributed by atoms with Gasteiger partial charge < -0.3 is 15.0 Å². The standard InChI is InChI=1S/C32H38BrN3O5S2/c1-4-41-30-15-8-7-14-29(30)36(43(39,40)28-18-16-27(42-3)17-19-28)22-31(37)35(21-24-10-9-11-25(33)20-24)23(2)32(38)34-26-12-5-6-13-26/h7-11,14-20,23,26H,4-6,12-13,21-22H2,1-3H3,(H,34,38)/t23-/m1/s1. The topological polar surface area (TPSA) is 96.0 Å². The number of amides is 2. The number of hydrogen-bond acceptors (Lipinski definition) is 6. The lowest BCUT2D eigenvalue weighted by atomic mass is 10.1. The number of benzene rings is 3. The van der Waals surface area contributed by atoms with E-state index in [-0.39, 0.29) is 29.1 Å². The monoisotopic (exact) mass is 687 g/mol. The van der Waals surface area contributed by atoms with Crippen LogP contribution in [0.15, 0.2) is 87.1 Å². The van der Waals surface area contributed by atoms with Crippen LogP contribution in [0.25, 0.3) is 0 Å². The molecule has 11 heteroatoms. The van der Waals surface area contributed by atoms with Gasteiger partial charge in [-0.1, -0.05) is 53.0 Å². The van der Waals surface area contributed by atoms with Gasteiger partial charge in [0.25, 0.3) is 10.0 Å². The minimum atomic E-state index is -4.20. The smallest absolute Gasteiger partial charge is 0.264 e. The number of carbonyl (C=O) groups is 2. The number of thioether (sulfide) groups is 1. The quantitative estimate of drug-likeness (QED) is 0.214. The molecule has 0 aromatic heterocycles. The molecule has 0 heterocycles. The van der Waals surface area contributed by atoms with Crippen LogP contribution >= 0.6 is 27.7 Å². The van der Waals surface area contributed by atoms with Gasteiger partial charge in [-0.05, 0) is 87.0 Å². The Morgan fingerprint density at radius 1 is 1.05 bits per heavy atom. The van der Waals surface area contributed by atoms with Crippen LogP contribution in [0.2, 0.25) is 0 Å². The lowest BCUT2D eigenvalue weighted by Gasteiger charge is -2.33. The molecule has 3 aromatic carbocycles. The molecule has 0 aliphatic heterocycles. The first-order valence-electron chi connectivity index (χ1n) is 14.4. The summed E-state index contributed by atoms with van der Waals surface area (Å²) in [6.07, 6.45) is 5.85. The zero-order chi connectivity index (χ0) is 31.0. The van der Waals surface area contributed by atoms with E-state index in [4.69, 9.17) is 4.74 Å². The fourth-order valence-corrected chi connectivity index (χ4v) is 7.42.